The van der Waals surface area contributed by atoms with Gasteiger partial charge in [-0.3, -0.25) is 0 Å². The number of para-hydroxylation sites is 1. The summed E-state index contributed by atoms with van der Waals surface area (Å²) in [6, 6.07) is 68.6. The van der Waals surface area contributed by atoms with Crippen LogP contribution >= 0.6 is 0 Å². The molecule has 0 amide bonds. The van der Waals surface area contributed by atoms with Gasteiger partial charge in [-0.25, -0.2) is 9.97 Å². The summed E-state index contributed by atoms with van der Waals surface area (Å²) in [4.78, 5) is 10.5. The summed E-state index contributed by atoms with van der Waals surface area (Å²) in [5.41, 5.74) is 11.2. The van der Waals surface area contributed by atoms with Gasteiger partial charge in [-0.2, -0.15) is 0 Å². The molecule has 2 aromatic heterocycles. The van der Waals surface area contributed by atoms with Crippen LogP contribution in [0.3, 0.4) is 0 Å². The third-order valence-corrected chi connectivity index (χ3v) is 10.9. The van der Waals surface area contributed by atoms with E-state index in [1.807, 2.05) is 36.4 Å². The van der Waals surface area contributed by atoms with Crippen LogP contribution in [-0.4, -0.2) is 9.97 Å². The number of fused-ring (bicyclic) bond motifs is 7. The van der Waals surface area contributed by atoms with E-state index in [4.69, 9.17) is 14.4 Å². The minimum Gasteiger partial charge on any atom is -0.456 e. The van der Waals surface area contributed by atoms with Gasteiger partial charge in [0, 0.05) is 27.5 Å². The molecule has 256 valence electrons. The maximum absolute atomic E-state index is 6.21. The molecule has 0 saturated heterocycles. The fourth-order valence-corrected chi connectivity index (χ4v) is 8.32. The molecule has 0 aliphatic heterocycles. The topological polar surface area (TPSA) is 38.9 Å². The molecule has 0 unspecified atom stereocenters. The van der Waals surface area contributed by atoms with Crippen LogP contribution in [-0.2, 0) is 0 Å². The Bertz CT molecular complexity index is 3250. The zero-order valence-electron chi connectivity index (χ0n) is 29.8. The van der Waals surface area contributed by atoms with E-state index >= 15 is 0 Å². The number of hydrogen-bond acceptors (Lipinski definition) is 3. The van der Waals surface area contributed by atoms with Crippen LogP contribution in [0.4, 0.5) is 0 Å². The lowest BCUT2D eigenvalue weighted by Crippen LogP contribution is -1.97. The number of benzene rings is 9. The van der Waals surface area contributed by atoms with Crippen LogP contribution in [0.5, 0.6) is 0 Å². The molecule has 2 heterocycles. The minimum absolute atomic E-state index is 0.690. The van der Waals surface area contributed by atoms with E-state index in [0.717, 1.165) is 66.7 Å². The Morgan fingerprint density at radius 1 is 0.327 bits per heavy atom. The number of hydrogen-bond donors (Lipinski definition) is 0. The summed E-state index contributed by atoms with van der Waals surface area (Å²) in [5, 5.41) is 9.63. The summed E-state index contributed by atoms with van der Waals surface area (Å²) in [5.74, 6) is 0.690. The van der Waals surface area contributed by atoms with Crippen molar-refractivity contribution in [3.63, 3.8) is 0 Å². The van der Waals surface area contributed by atoms with Crippen molar-refractivity contribution < 1.29 is 4.42 Å². The van der Waals surface area contributed by atoms with Gasteiger partial charge < -0.3 is 4.42 Å². The molecule has 0 aliphatic carbocycles. The van der Waals surface area contributed by atoms with E-state index in [1.54, 1.807) is 0 Å². The second-order valence-corrected chi connectivity index (χ2v) is 14.1. The molecule has 0 atom stereocenters. The first-order valence-corrected chi connectivity index (χ1v) is 18.7. The SMILES string of the molecule is c1ccc(-c2nc(-c3ccc(-c4cccc5oc6ccccc6c45)cc3)cc(-c3ccccc3-c3c4ccccc4cc4c3ccc3ccccc34)n2)cc1. The van der Waals surface area contributed by atoms with Crippen LogP contribution in [0.15, 0.2) is 199 Å². The predicted octanol–water partition coefficient (Wildman–Crippen LogP) is 14.2. The van der Waals surface area contributed by atoms with Crippen molar-refractivity contribution in [3.8, 4) is 56.2 Å². The van der Waals surface area contributed by atoms with Gasteiger partial charge in [0.15, 0.2) is 5.82 Å². The molecule has 3 heteroatoms. The Hall–Kier alpha value is -7.36. The van der Waals surface area contributed by atoms with Crippen LogP contribution in [0, 0.1) is 0 Å². The van der Waals surface area contributed by atoms with Crippen molar-refractivity contribution in [1.29, 1.82) is 0 Å². The molecule has 9 aromatic carbocycles. The third kappa shape index (κ3) is 5.20. The van der Waals surface area contributed by atoms with Gasteiger partial charge in [-0.1, -0.05) is 170 Å². The summed E-state index contributed by atoms with van der Waals surface area (Å²) in [6.07, 6.45) is 0. The molecule has 3 nitrogen and oxygen atoms in total. The molecule has 0 spiro atoms. The van der Waals surface area contributed by atoms with Crippen LogP contribution < -0.4 is 0 Å². The molecular weight excluding hydrogens is 669 g/mol. The first-order valence-electron chi connectivity index (χ1n) is 18.7. The van der Waals surface area contributed by atoms with Crippen molar-refractivity contribution in [1.82, 2.24) is 9.97 Å². The highest BCUT2D eigenvalue weighted by Crippen LogP contribution is 2.44. The molecule has 0 N–H and O–H groups in total. The van der Waals surface area contributed by atoms with E-state index in [2.05, 4.69) is 158 Å². The molecule has 11 aromatic rings. The Balaban J connectivity index is 1.10. The maximum atomic E-state index is 6.21. The van der Waals surface area contributed by atoms with Gasteiger partial charge in [-0.05, 0) is 78.8 Å². The second-order valence-electron chi connectivity index (χ2n) is 14.1. The van der Waals surface area contributed by atoms with Crippen molar-refractivity contribution in [3.05, 3.63) is 194 Å². The first kappa shape index (κ1) is 31.2. The molecule has 0 aliphatic rings. The zero-order chi connectivity index (χ0) is 36.3. The van der Waals surface area contributed by atoms with E-state index in [1.165, 1.54) is 37.9 Å². The molecular formula is C52H32N2O. The van der Waals surface area contributed by atoms with Gasteiger partial charge in [-0.15, -0.1) is 0 Å². The normalized spacial score (nSPS) is 11.6. The average molecular weight is 701 g/mol. The average Bonchev–Trinajstić information content (AvgIpc) is 3.65. The van der Waals surface area contributed by atoms with E-state index in [9.17, 15) is 0 Å². The van der Waals surface area contributed by atoms with Gasteiger partial charge in [0.05, 0.1) is 11.4 Å². The Morgan fingerprint density at radius 3 is 1.82 bits per heavy atom. The van der Waals surface area contributed by atoms with Crippen molar-refractivity contribution in [2.45, 2.75) is 0 Å². The Kier molecular flexibility index (Phi) is 7.17. The Labute approximate surface area is 317 Å². The molecule has 11 rings (SSSR count). The van der Waals surface area contributed by atoms with Crippen LogP contribution in [0.2, 0.25) is 0 Å². The van der Waals surface area contributed by atoms with E-state index in [0.29, 0.717) is 5.82 Å². The van der Waals surface area contributed by atoms with Crippen molar-refractivity contribution >= 4 is 54.3 Å². The van der Waals surface area contributed by atoms with E-state index < -0.39 is 0 Å². The molecule has 0 fully saturated rings. The first-order chi connectivity index (χ1) is 27.3. The highest BCUT2D eigenvalue weighted by molar-refractivity contribution is 6.21. The highest BCUT2D eigenvalue weighted by Gasteiger charge is 2.19. The lowest BCUT2D eigenvalue weighted by atomic mass is 9.87. The minimum atomic E-state index is 0.690. The summed E-state index contributed by atoms with van der Waals surface area (Å²) < 4.78 is 6.21. The smallest absolute Gasteiger partial charge is 0.160 e. The van der Waals surface area contributed by atoms with Gasteiger partial charge in [0.2, 0.25) is 0 Å². The number of nitrogens with zero attached hydrogens (tertiary/aromatic N) is 2. The predicted molar refractivity (Wildman–Crippen MR) is 229 cm³/mol. The van der Waals surface area contributed by atoms with E-state index in [-0.39, 0.29) is 0 Å². The van der Waals surface area contributed by atoms with Gasteiger partial charge in [0.25, 0.3) is 0 Å². The van der Waals surface area contributed by atoms with Crippen molar-refractivity contribution in [2.75, 3.05) is 0 Å². The summed E-state index contributed by atoms with van der Waals surface area (Å²) >= 11 is 0. The highest BCUT2D eigenvalue weighted by atomic mass is 16.3. The largest absolute Gasteiger partial charge is 0.456 e. The third-order valence-electron chi connectivity index (χ3n) is 10.9. The van der Waals surface area contributed by atoms with Crippen molar-refractivity contribution in [2.24, 2.45) is 0 Å². The molecule has 0 bridgehead atoms. The number of rotatable bonds is 5. The maximum Gasteiger partial charge on any atom is 0.160 e. The fourth-order valence-electron chi connectivity index (χ4n) is 8.32. The monoisotopic (exact) mass is 700 g/mol. The lowest BCUT2D eigenvalue weighted by Gasteiger charge is -2.17. The molecule has 55 heavy (non-hydrogen) atoms. The molecule has 0 saturated carbocycles. The quantitative estimate of drug-likeness (QED) is 0.133. The summed E-state index contributed by atoms with van der Waals surface area (Å²) in [6.45, 7) is 0. The lowest BCUT2D eigenvalue weighted by molar-refractivity contribution is 0.669. The van der Waals surface area contributed by atoms with Crippen LogP contribution in [0.1, 0.15) is 0 Å². The summed E-state index contributed by atoms with van der Waals surface area (Å²) in [7, 11) is 0. The fraction of sp³-hybridized carbons (Fsp3) is 0. The second kappa shape index (κ2) is 12.6. The van der Waals surface area contributed by atoms with Gasteiger partial charge in [0.1, 0.15) is 11.2 Å². The zero-order valence-corrected chi connectivity index (χ0v) is 29.8. The molecule has 0 radical (unpaired) electrons. The standard InChI is InChI=1S/C52H32N2O/c1-2-14-36(15-3-1)52-53-46(35-27-25-34(26-28-35)39-22-12-24-49-51(39)44-21-10-11-23-48(44)55-49)32-47(54-52)41-19-8-9-20-42(41)50-40-18-7-5-16-37(40)31-45-38-17-6-4-13-33(38)29-30-43(45)50/h1-32H. The number of furan rings is 1. The number of aromatic nitrogens is 2. The Morgan fingerprint density at radius 2 is 0.964 bits per heavy atom. The van der Waals surface area contributed by atoms with Crippen LogP contribution in [0.25, 0.3) is 110 Å². The van der Waals surface area contributed by atoms with Gasteiger partial charge >= 0.3 is 0 Å².